The molecule has 1 amide bonds. The highest BCUT2D eigenvalue weighted by Gasteiger charge is 2.17. The van der Waals surface area contributed by atoms with Crippen LogP contribution in [0.4, 0.5) is 5.69 Å². The Labute approximate surface area is 133 Å². The second kappa shape index (κ2) is 7.34. The summed E-state index contributed by atoms with van der Waals surface area (Å²) in [6.45, 7) is 2.41. The summed E-state index contributed by atoms with van der Waals surface area (Å²) >= 11 is 12.2. The fourth-order valence-electron chi connectivity index (χ4n) is 1.83. The highest BCUT2D eigenvalue weighted by molar-refractivity contribution is 6.33. The third-order valence-corrected chi connectivity index (χ3v) is 3.57. The number of hydrogen-bond acceptors (Lipinski definition) is 2. The van der Waals surface area contributed by atoms with Crippen molar-refractivity contribution >= 4 is 34.8 Å². The van der Waals surface area contributed by atoms with Gasteiger partial charge in [-0.25, -0.2) is 0 Å². The lowest BCUT2D eigenvalue weighted by atomic mass is 10.1. The second-order valence-corrected chi connectivity index (χ2v) is 5.18. The molecular formula is C16H15Cl2NO2. The van der Waals surface area contributed by atoms with Crippen molar-refractivity contribution in [3.63, 3.8) is 0 Å². The molecule has 21 heavy (non-hydrogen) atoms. The zero-order chi connectivity index (χ0) is 15.2. The molecule has 2 aromatic carbocycles. The summed E-state index contributed by atoms with van der Waals surface area (Å²) in [4.78, 5) is 12.1. The van der Waals surface area contributed by atoms with Crippen molar-refractivity contribution in [2.75, 3.05) is 11.9 Å². The minimum Gasteiger partial charge on any atom is -0.492 e. The normalized spacial score (nSPS) is 11.8. The molecule has 2 aromatic rings. The lowest BCUT2D eigenvalue weighted by Crippen LogP contribution is -2.17. The maximum Gasteiger partial charge on any atom is 0.246 e. The lowest BCUT2D eigenvalue weighted by molar-refractivity contribution is -0.116. The Morgan fingerprint density at radius 2 is 1.95 bits per heavy atom. The van der Waals surface area contributed by atoms with Crippen LogP contribution >= 0.6 is 23.2 Å². The van der Waals surface area contributed by atoms with E-state index in [1.54, 1.807) is 18.2 Å². The minimum absolute atomic E-state index is 0.303. The molecule has 1 unspecified atom stereocenters. The highest BCUT2D eigenvalue weighted by atomic mass is 35.5. The predicted molar refractivity (Wildman–Crippen MR) is 86.3 cm³/mol. The van der Waals surface area contributed by atoms with Crippen LogP contribution in [0.1, 0.15) is 17.9 Å². The third-order valence-electron chi connectivity index (χ3n) is 2.82. The molecule has 3 nitrogen and oxygen atoms in total. The van der Waals surface area contributed by atoms with E-state index < -0.39 is 5.38 Å². The van der Waals surface area contributed by atoms with Crippen molar-refractivity contribution in [3.8, 4) is 5.75 Å². The number of halogens is 2. The molecule has 1 atom stereocenters. The van der Waals surface area contributed by atoms with Gasteiger partial charge in [0.2, 0.25) is 5.91 Å². The van der Waals surface area contributed by atoms with E-state index in [1.165, 1.54) is 0 Å². The number of carbonyl (C=O) groups excluding carboxylic acids is 1. The average molecular weight is 324 g/mol. The van der Waals surface area contributed by atoms with E-state index in [0.29, 0.717) is 23.1 Å². The molecule has 0 aliphatic rings. The monoisotopic (exact) mass is 323 g/mol. The van der Waals surface area contributed by atoms with E-state index in [9.17, 15) is 4.79 Å². The Morgan fingerprint density at radius 1 is 1.24 bits per heavy atom. The predicted octanol–water partition coefficient (Wildman–Crippen LogP) is 4.66. The summed E-state index contributed by atoms with van der Waals surface area (Å²) in [6.07, 6.45) is 0. The fourth-order valence-corrected chi connectivity index (χ4v) is 2.27. The van der Waals surface area contributed by atoms with Gasteiger partial charge in [0, 0.05) is 5.69 Å². The molecule has 0 aliphatic heterocycles. The molecule has 0 fully saturated rings. The first-order chi connectivity index (χ1) is 10.1. The van der Waals surface area contributed by atoms with E-state index in [-0.39, 0.29) is 5.91 Å². The molecule has 0 radical (unpaired) electrons. The Bertz CT molecular complexity index is 617. The van der Waals surface area contributed by atoms with Gasteiger partial charge < -0.3 is 10.1 Å². The summed E-state index contributed by atoms with van der Waals surface area (Å²) in [6, 6.07) is 14.2. The summed E-state index contributed by atoms with van der Waals surface area (Å²) in [7, 11) is 0. The number of ether oxygens (including phenoxy) is 1. The van der Waals surface area contributed by atoms with Crippen molar-refractivity contribution in [2.24, 2.45) is 0 Å². The number of benzene rings is 2. The summed E-state index contributed by atoms with van der Waals surface area (Å²) in [5.41, 5.74) is 1.32. The quantitative estimate of drug-likeness (QED) is 0.813. The molecular weight excluding hydrogens is 309 g/mol. The van der Waals surface area contributed by atoms with Crippen LogP contribution in [0.3, 0.4) is 0 Å². The van der Waals surface area contributed by atoms with Crippen LogP contribution in [0.5, 0.6) is 5.75 Å². The van der Waals surface area contributed by atoms with Crippen LogP contribution in [0.15, 0.2) is 48.5 Å². The maximum absolute atomic E-state index is 12.1. The average Bonchev–Trinajstić information content (AvgIpc) is 2.50. The zero-order valence-corrected chi connectivity index (χ0v) is 13.0. The van der Waals surface area contributed by atoms with Gasteiger partial charge in [-0.3, -0.25) is 4.79 Å². The smallest absolute Gasteiger partial charge is 0.246 e. The van der Waals surface area contributed by atoms with Gasteiger partial charge in [0.05, 0.1) is 11.6 Å². The second-order valence-electron chi connectivity index (χ2n) is 4.34. The number of carbonyl (C=O) groups is 1. The number of hydrogen-bond donors (Lipinski definition) is 1. The van der Waals surface area contributed by atoms with Gasteiger partial charge in [0.25, 0.3) is 0 Å². The van der Waals surface area contributed by atoms with Crippen LogP contribution in [0.2, 0.25) is 5.02 Å². The van der Waals surface area contributed by atoms with Gasteiger partial charge in [-0.15, -0.1) is 11.6 Å². The first-order valence-corrected chi connectivity index (χ1v) is 7.35. The standard InChI is InChI=1S/C16H15Cl2NO2/c1-2-21-14-9-8-12(10-13(14)17)19-16(20)15(18)11-6-4-3-5-7-11/h3-10,15H,2H2,1H3,(H,19,20). The number of rotatable bonds is 5. The van der Waals surface area contributed by atoms with E-state index in [2.05, 4.69) is 5.32 Å². The molecule has 0 saturated heterocycles. The van der Waals surface area contributed by atoms with Crippen LogP contribution in [0, 0.1) is 0 Å². The molecule has 0 aromatic heterocycles. The van der Waals surface area contributed by atoms with Crippen molar-refractivity contribution < 1.29 is 9.53 Å². The lowest BCUT2D eigenvalue weighted by Gasteiger charge is -2.12. The first kappa shape index (κ1) is 15.7. The minimum atomic E-state index is -0.753. The Balaban J connectivity index is 2.07. The van der Waals surface area contributed by atoms with Crippen molar-refractivity contribution in [1.82, 2.24) is 0 Å². The van der Waals surface area contributed by atoms with Crippen molar-refractivity contribution in [2.45, 2.75) is 12.3 Å². The van der Waals surface area contributed by atoms with E-state index in [0.717, 1.165) is 5.56 Å². The summed E-state index contributed by atoms with van der Waals surface area (Å²) < 4.78 is 5.34. The summed E-state index contributed by atoms with van der Waals surface area (Å²) in [5.74, 6) is 0.283. The molecule has 0 heterocycles. The van der Waals surface area contributed by atoms with Gasteiger partial charge in [-0.05, 0) is 30.7 Å². The molecule has 5 heteroatoms. The first-order valence-electron chi connectivity index (χ1n) is 6.54. The number of alkyl halides is 1. The Morgan fingerprint density at radius 3 is 2.57 bits per heavy atom. The van der Waals surface area contributed by atoms with Gasteiger partial charge in [0.15, 0.2) is 0 Å². The molecule has 0 bridgehead atoms. The molecule has 2 rings (SSSR count). The van der Waals surface area contributed by atoms with E-state index in [4.69, 9.17) is 27.9 Å². The van der Waals surface area contributed by atoms with Crippen LogP contribution in [-0.2, 0) is 4.79 Å². The van der Waals surface area contributed by atoms with Gasteiger partial charge in [-0.1, -0.05) is 41.9 Å². The largest absolute Gasteiger partial charge is 0.492 e. The maximum atomic E-state index is 12.1. The Kier molecular flexibility index (Phi) is 5.48. The molecule has 1 N–H and O–H groups in total. The third kappa shape index (κ3) is 4.13. The number of nitrogens with one attached hydrogen (secondary N) is 1. The van der Waals surface area contributed by atoms with Crippen LogP contribution in [-0.4, -0.2) is 12.5 Å². The molecule has 0 saturated carbocycles. The zero-order valence-electron chi connectivity index (χ0n) is 11.5. The molecule has 0 aliphatic carbocycles. The number of anilines is 1. The molecule has 110 valence electrons. The van der Waals surface area contributed by atoms with Crippen LogP contribution in [0.25, 0.3) is 0 Å². The van der Waals surface area contributed by atoms with Gasteiger partial charge in [0.1, 0.15) is 11.1 Å². The fraction of sp³-hybridized carbons (Fsp3) is 0.188. The van der Waals surface area contributed by atoms with Crippen molar-refractivity contribution in [3.05, 3.63) is 59.1 Å². The topological polar surface area (TPSA) is 38.3 Å². The van der Waals surface area contributed by atoms with E-state index in [1.807, 2.05) is 37.3 Å². The SMILES string of the molecule is CCOc1ccc(NC(=O)C(Cl)c2ccccc2)cc1Cl. The van der Waals surface area contributed by atoms with E-state index >= 15 is 0 Å². The summed E-state index contributed by atoms with van der Waals surface area (Å²) in [5, 5.41) is 2.43. The van der Waals surface area contributed by atoms with Gasteiger partial charge in [-0.2, -0.15) is 0 Å². The number of amides is 1. The Hall–Kier alpha value is -1.71. The highest BCUT2D eigenvalue weighted by Crippen LogP contribution is 2.29. The van der Waals surface area contributed by atoms with Crippen LogP contribution < -0.4 is 10.1 Å². The van der Waals surface area contributed by atoms with Crippen molar-refractivity contribution in [1.29, 1.82) is 0 Å². The van der Waals surface area contributed by atoms with Gasteiger partial charge >= 0.3 is 0 Å². The molecule has 0 spiro atoms.